The van der Waals surface area contributed by atoms with Gasteiger partial charge in [-0.1, -0.05) is 6.07 Å². The van der Waals surface area contributed by atoms with Gasteiger partial charge in [0.1, 0.15) is 17.7 Å². The number of carbonyl (C=O) groups is 1. The quantitative estimate of drug-likeness (QED) is 0.759. The largest absolute Gasteiger partial charge is 0.375 e. The summed E-state index contributed by atoms with van der Waals surface area (Å²) in [4.78, 5) is 12.2. The van der Waals surface area contributed by atoms with Gasteiger partial charge in [0.2, 0.25) is 5.91 Å². The van der Waals surface area contributed by atoms with E-state index in [0.717, 1.165) is 6.07 Å². The van der Waals surface area contributed by atoms with Gasteiger partial charge in [0.05, 0.1) is 4.90 Å². The molecule has 0 aliphatic heterocycles. The molecule has 0 saturated carbocycles. The topological polar surface area (TPSA) is 72.5 Å². The molecule has 1 atom stereocenters. The summed E-state index contributed by atoms with van der Waals surface area (Å²) in [5, 5.41) is 3.39. The van der Waals surface area contributed by atoms with Gasteiger partial charge in [0.25, 0.3) is 0 Å². The van der Waals surface area contributed by atoms with Gasteiger partial charge >= 0.3 is 0 Å². The number of thiophene rings is 1. The van der Waals surface area contributed by atoms with Crippen LogP contribution in [0.15, 0.2) is 40.6 Å². The van der Waals surface area contributed by atoms with Crippen LogP contribution in [0.5, 0.6) is 0 Å². The van der Waals surface area contributed by atoms with Crippen LogP contribution < -0.4 is 5.32 Å². The zero-order valence-electron chi connectivity index (χ0n) is 13.3. The SMILES string of the molecule is COCC(=O)NCC(c1cccs1)S(=O)(=O)c1ccc(F)c(C)c1. The van der Waals surface area contributed by atoms with E-state index in [1.54, 1.807) is 17.5 Å². The van der Waals surface area contributed by atoms with Gasteiger partial charge in [-0.3, -0.25) is 4.79 Å². The van der Waals surface area contributed by atoms with Gasteiger partial charge in [-0.2, -0.15) is 0 Å². The highest BCUT2D eigenvalue weighted by Gasteiger charge is 2.30. The van der Waals surface area contributed by atoms with Crippen LogP contribution in [0, 0.1) is 12.7 Å². The molecule has 24 heavy (non-hydrogen) atoms. The summed E-state index contributed by atoms with van der Waals surface area (Å²) in [6, 6.07) is 7.13. The Hall–Kier alpha value is -1.77. The molecule has 0 fully saturated rings. The van der Waals surface area contributed by atoms with Gasteiger partial charge in [-0.15, -0.1) is 11.3 Å². The van der Waals surface area contributed by atoms with Crippen molar-refractivity contribution >= 4 is 27.1 Å². The summed E-state index contributed by atoms with van der Waals surface area (Å²) >= 11 is 1.29. The number of nitrogens with one attached hydrogen (secondary N) is 1. The summed E-state index contributed by atoms with van der Waals surface area (Å²) in [7, 11) is -2.40. The van der Waals surface area contributed by atoms with Crippen LogP contribution in [0.1, 0.15) is 15.7 Å². The summed E-state index contributed by atoms with van der Waals surface area (Å²) in [5.74, 6) is -0.862. The van der Waals surface area contributed by atoms with E-state index in [9.17, 15) is 17.6 Å². The second-order valence-corrected chi connectivity index (χ2v) is 8.31. The third-order valence-corrected chi connectivity index (χ3v) is 6.67. The van der Waals surface area contributed by atoms with Crippen molar-refractivity contribution in [3.05, 3.63) is 52.0 Å². The second-order valence-electron chi connectivity index (χ2n) is 5.20. The summed E-state index contributed by atoms with van der Waals surface area (Å²) in [5.41, 5.74) is 0.254. The number of halogens is 1. The van der Waals surface area contributed by atoms with Crippen LogP contribution in [0.25, 0.3) is 0 Å². The molecule has 130 valence electrons. The van der Waals surface area contributed by atoms with E-state index < -0.39 is 26.8 Å². The molecule has 0 radical (unpaired) electrons. The maximum atomic E-state index is 13.4. The Balaban J connectivity index is 2.34. The predicted molar refractivity (Wildman–Crippen MR) is 90.3 cm³/mol. The predicted octanol–water partition coefficient (Wildman–Crippen LogP) is 2.47. The first-order valence-electron chi connectivity index (χ1n) is 7.15. The number of hydrogen-bond donors (Lipinski definition) is 1. The van der Waals surface area contributed by atoms with Crippen LogP contribution in [0.3, 0.4) is 0 Å². The molecule has 0 bridgehead atoms. The number of sulfone groups is 1. The highest BCUT2D eigenvalue weighted by Crippen LogP contribution is 2.32. The second kappa shape index (κ2) is 7.87. The van der Waals surface area contributed by atoms with Crippen molar-refractivity contribution in [2.24, 2.45) is 0 Å². The fraction of sp³-hybridized carbons (Fsp3) is 0.312. The van der Waals surface area contributed by atoms with Crippen molar-refractivity contribution in [2.75, 3.05) is 20.3 Å². The number of carbonyl (C=O) groups excluding carboxylic acids is 1. The molecule has 1 N–H and O–H groups in total. The number of methoxy groups -OCH3 is 1. The summed E-state index contributed by atoms with van der Waals surface area (Å²) < 4.78 is 44.1. The number of aryl methyl sites for hydroxylation is 1. The van der Waals surface area contributed by atoms with E-state index in [2.05, 4.69) is 5.32 Å². The third kappa shape index (κ3) is 4.19. The van der Waals surface area contributed by atoms with E-state index in [4.69, 9.17) is 4.74 Å². The molecular weight excluding hydrogens is 353 g/mol. The summed E-state index contributed by atoms with van der Waals surface area (Å²) in [6.45, 7) is 1.28. The van der Waals surface area contributed by atoms with Crippen molar-refractivity contribution in [2.45, 2.75) is 17.1 Å². The Bertz CT molecular complexity index is 803. The number of benzene rings is 1. The minimum Gasteiger partial charge on any atom is -0.375 e. The molecule has 8 heteroatoms. The molecule has 0 saturated heterocycles. The Morgan fingerprint density at radius 3 is 2.71 bits per heavy atom. The maximum absolute atomic E-state index is 13.4. The lowest BCUT2D eigenvalue weighted by atomic mass is 10.2. The van der Waals surface area contributed by atoms with Crippen LogP contribution in [-0.2, 0) is 19.4 Å². The van der Waals surface area contributed by atoms with Crippen LogP contribution >= 0.6 is 11.3 Å². The molecule has 1 unspecified atom stereocenters. The highest BCUT2D eigenvalue weighted by molar-refractivity contribution is 7.91. The number of ether oxygens (including phenoxy) is 1. The zero-order valence-corrected chi connectivity index (χ0v) is 14.9. The fourth-order valence-corrected chi connectivity index (χ4v) is 5.05. The highest BCUT2D eigenvalue weighted by atomic mass is 32.2. The lowest BCUT2D eigenvalue weighted by Crippen LogP contribution is -2.33. The van der Waals surface area contributed by atoms with E-state index in [0.29, 0.717) is 4.88 Å². The van der Waals surface area contributed by atoms with Crippen molar-refractivity contribution in [1.29, 1.82) is 0 Å². The number of rotatable bonds is 7. The molecular formula is C16H18FNO4S2. The van der Waals surface area contributed by atoms with Gasteiger partial charge in [0, 0.05) is 18.5 Å². The van der Waals surface area contributed by atoms with Crippen molar-refractivity contribution in [3.63, 3.8) is 0 Å². The van der Waals surface area contributed by atoms with E-state index >= 15 is 0 Å². The van der Waals surface area contributed by atoms with Crippen molar-refractivity contribution in [1.82, 2.24) is 5.32 Å². The number of amides is 1. The number of hydrogen-bond acceptors (Lipinski definition) is 5. The minimum absolute atomic E-state index is 0.0285. The lowest BCUT2D eigenvalue weighted by molar-refractivity contribution is -0.124. The maximum Gasteiger partial charge on any atom is 0.246 e. The smallest absolute Gasteiger partial charge is 0.246 e. The van der Waals surface area contributed by atoms with Gasteiger partial charge in [0.15, 0.2) is 9.84 Å². The molecule has 1 heterocycles. The standard InChI is InChI=1S/C16H18FNO4S2/c1-11-8-12(5-6-13(11)17)24(20,21)15(14-4-3-7-23-14)9-18-16(19)10-22-2/h3-8,15H,9-10H2,1-2H3,(H,18,19). The van der Waals surface area contributed by atoms with E-state index in [1.165, 1.54) is 37.5 Å². The van der Waals surface area contributed by atoms with Crippen molar-refractivity contribution in [3.8, 4) is 0 Å². The first kappa shape index (κ1) is 18.6. The lowest BCUT2D eigenvalue weighted by Gasteiger charge is -2.18. The zero-order chi connectivity index (χ0) is 17.7. The Kier molecular flexibility index (Phi) is 6.09. The molecule has 2 rings (SSSR count). The van der Waals surface area contributed by atoms with Gasteiger partial charge in [-0.05, 0) is 42.1 Å². The Morgan fingerprint density at radius 2 is 2.12 bits per heavy atom. The molecule has 1 aromatic heterocycles. The van der Waals surface area contributed by atoms with Crippen LogP contribution in [-0.4, -0.2) is 34.6 Å². The molecule has 0 aliphatic rings. The van der Waals surface area contributed by atoms with E-state index in [1.807, 2.05) is 0 Å². The first-order chi connectivity index (χ1) is 11.4. The molecule has 1 amide bonds. The summed E-state index contributed by atoms with van der Waals surface area (Å²) in [6.07, 6.45) is 0. The Morgan fingerprint density at radius 1 is 1.38 bits per heavy atom. The fourth-order valence-electron chi connectivity index (χ4n) is 2.18. The molecule has 2 aromatic rings. The van der Waals surface area contributed by atoms with Crippen LogP contribution in [0.2, 0.25) is 0 Å². The average Bonchev–Trinajstić information content (AvgIpc) is 3.04. The van der Waals surface area contributed by atoms with Gasteiger partial charge < -0.3 is 10.1 Å². The van der Waals surface area contributed by atoms with Crippen LogP contribution in [0.4, 0.5) is 4.39 Å². The molecule has 5 nitrogen and oxygen atoms in total. The first-order valence-corrected chi connectivity index (χ1v) is 9.58. The molecule has 0 aliphatic carbocycles. The average molecular weight is 371 g/mol. The minimum atomic E-state index is -3.79. The molecule has 0 spiro atoms. The van der Waals surface area contributed by atoms with Crippen molar-refractivity contribution < 1.29 is 22.3 Å². The Labute approximate surface area is 144 Å². The monoisotopic (exact) mass is 371 g/mol. The van der Waals surface area contributed by atoms with Gasteiger partial charge in [-0.25, -0.2) is 12.8 Å². The third-order valence-electron chi connectivity index (χ3n) is 3.45. The normalized spacial score (nSPS) is 12.8. The molecule has 1 aromatic carbocycles. The van der Waals surface area contributed by atoms with E-state index in [-0.39, 0.29) is 23.6 Å².